The van der Waals surface area contributed by atoms with Gasteiger partial charge in [0.15, 0.2) is 0 Å². The molecule has 0 fully saturated rings. The van der Waals surface area contributed by atoms with Gasteiger partial charge >= 0.3 is 0 Å². The first-order valence-electron chi connectivity index (χ1n) is 3.85. The van der Waals surface area contributed by atoms with Crippen molar-refractivity contribution in [3.05, 3.63) is 32.2 Å². The highest BCUT2D eigenvalue weighted by Crippen LogP contribution is 2.29. The van der Waals surface area contributed by atoms with Crippen LogP contribution in [0.25, 0.3) is 10.1 Å². The highest BCUT2D eigenvalue weighted by Gasteiger charge is 2.07. The Morgan fingerprint density at radius 2 is 2.31 bits per heavy atom. The van der Waals surface area contributed by atoms with Crippen molar-refractivity contribution in [1.82, 2.24) is 0 Å². The molecule has 2 rings (SSSR count). The van der Waals surface area contributed by atoms with E-state index < -0.39 is 0 Å². The van der Waals surface area contributed by atoms with E-state index in [0.29, 0.717) is 0 Å². The van der Waals surface area contributed by atoms with Crippen molar-refractivity contribution in [2.75, 3.05) is 0 Å². The molecular weight excluding hydrogens is 295 g/mol. The zero-order valence-electron chi connectivity index (χ0n) is 7.00. The van der Waals surface area contributed by atoms with Crippen molar-refractivity contribution < 1.29 is 4.79 Å². The molecule has 0 atom stereocenters. The molecule has 1 nitrogen and oxygen atoms in total. The number of fused-ring (bicyclic) bond motifs is 1. The lowest BCUT2D eigenvalue weighted by Gasteiger charge is -2.02. The third kappa shape index (κ3) is 1.40. The Bertz CT molecular complexity index is 473. The second-order valence-corrected chi connectivity index (χ2v) is 4.88. The van der Waals surface area contributed by atoms with E-state index in [1.165, 1.54) is 13.7 Å². The van der Waals surface area contributed by atoms with Gasteiger partial charge in [-0.15, -0.1) is 11.3 Å². The van der Waals surface area contributed by atoms with Crippen molar-refractivity contribution in [2.45, 2.75) is 6.92 Å². The molecule has 0 aliphatic carbocycles. The molecule has 0 aliphatic rings. The summed E-state index contributed by atoms with van der Waals surface area (Å²) < 4.78 is 2.38. The highest BCUT2D eigenvalue weighted by molar-refractivity contribution is 14.1. The molecule has 0 N–H and O–H groups in total. The van der Waals surface area contributed by atoms with Gasteiger partial charge in [-0.05, 0) is 52.6 Å². The fourth-order valence-electron chi connectivity index (χ4n) is 1.31. The molecule has 0 radical (unpaired) electrons. The van der Waals surface area contributed by atoms with Crippen LogP contribution in [0.1, 0.15) is 15.9 Å². The fraction of sp³-hybridized carbons (Fsp3) is 0.100. The van der Waals surface area contributed by atoms with E-state index in [0.717, 1.165) is 17.4 Å². The van der Waals surface area contributed by atoms with E-state index in [1.54, 1.807) is 11.3 Å². The lowest BCUT2D eigenvalue weighted by atomic mass is 10.1. The maximum absolute atomic E-state index is 10.7. The standard InChI is InChI=1S/C10H7IOS/c1-6-7(5-12)4-9-8(10(6)11)2-3-13-9/h2-5H,1H3. The predicted molar refractivity (Wildman–Crippen MR) is 64.7 cm³/mol. The van der Waals surface area contributed by atoms with Gasteiger partial charge in [-0.25, -0.2) is 0 Å². The topological polar surface area (TPSA) is 17.1 Å². The molecular formula is C10H7IOS. The van der Waals surface area contributed by atoms with Crippen molar-refractivity contribution in [3.8, 4) is 0 Å². The van der Waals surface area contributed by atoms with Crippen LogP contribution in [0.2, 0.25) is 0 Å². The quantitative estimate of drug-likeness (QED) is 0.581. The second kappa shape index (κ2) is 3.38. The molecule has 0 aliphatic heterocycles. The van der Waals surface area contributed by atoms with Crippen molar-refractivity contribution >= 4 is 50.3 Å². The number of halogens is 1. The molecule has 1 aromatic carbocycles. The van der Waals surface area contributed by atoms with Gasteiger partial charge in [0.25, 0.3) is 0 Å². The summed E-state index contributed by atoms with van der Waals surface area (Å²) >= 11 is 3.97. The van der Waals surface area contributed by atoms with E-state index in [2.05, 4.69) is 34.0 Å². The van der Waals surface area contributed by atoms with E-state index in [1.807, 2.05) is 13.0 Å². The average molecular weight is 302 g/mol. The van der Waals surface area contributed by atoms with Gasteiger partial charge in [0.1, 0.15) is 6.29 Å². The highest BCUT2D eigenvalue weighted by atomic mass is 127. The Morgan fingerprint density at radius 3 is 3.00 bits per heavy atom. The Kier molecular flexibility index (Phi) is 2.38. The minimum atomic E-state index is 0.805. The van der Waals surface area contributed by atoms with Gasteiger partial charge in [0.2, 0.25) is 0 Å². The summed E-state index contributed by atoms with van der Waals surface area (Å²) in [6.07, 6.45) is 0.927. The molecule has 3 heteroatoms. The number of aldehydes is 1. The molecule has 2 aromatic rings. The third-order valence-electron chi connectivity index (χ3n) is 2.11. The third-order valence-corrected chi connectivity index (χ3v) is 4.36. The summed E-state index contributed by atoms with van der Waals surface area (Å²) in [5, 5.41) is 3.31. The first kappa shape index (κ1) is 9.15. The minimum absolute atomic E-state index is 0.805. The van der Waals surface area contributed by atoms with E-state index in [4.69, 9.17) is 0 Å². The molecule has 0 bridgehead atoms. The summed E-state index contributed by atoms with van der Waals surface area (Å²) in [6, 6.07) is 4.06. The molecule has 0 amide bonds. The normalized spacial score (nSPS) is 10.6. The smallest absolute Gasteiger partial charge is 0.150 e. The zero-order chi connectivity index (χ0) is 9.42. The van der Waals surface area contributed by atoms with Crippen LogP contribution in [0.15, 0.2) is 17.5 Å². The first-order chi connectivity index (χ1) is 6.24. The van der Waals surface area contributed by atoms with Gasteiger partial charge in [-0.1, -0.05) is 0 Å². The summed E-state index contributed by atoms with van der Waals surface area (Å²) in [5.41, 5.74) is 1.89. The average Bonchev–Trinajstić information content (AvgIpc) is 2.59. The van der Waals surface area contributed by atoms with Crippen LogP contribution in [0.5, 0.6) is 0 Å². The molecule has 0 saturated heterocycles. The summed E-state index contributed by atoms with van der Waals surface area (Å²) in [6.45, 7) is 1.99. The van der Waals surface area contributed by atoms with E-state index >= 15 is 0 Å². The second-order valence-electron chi connectivity index (χ2n) is 2.86. The van der Waals surface area contributed by atoms with Crippen LogP contribution in [0.4, 0.5) is 0 Å². The van der Waals surface area contributed by atoms with Crippen molar-refractivity contribution in [2.24, 2.45) is 0 Å². The number of hydrogen-bond acceptors (Lipinski definition) is 2. The van der Waals surface area contributed by atoms with E-state index in [9.17, 15) is 4.79 Å². The van der Waals surface area contributed by atoms with Crippen LogP contribution in [-0.2, 0) is 0 Å². The summed E-state index contributed by atoms with van der Waals surface area (Å²) in [7, 11) is 0. The number of rotatable bonds is 1. The van der Waals surface area contributed by atoms with Gasteiger partial charge in [0, 0.05) is 19.2 Å². The number of carbonyl (C=O) groups is 1. The largest absolute Gasteiger partial charge is 0.298 e. The van der Waals surface area contributed by atoms with E-state index in [-0.39, 0.29) is 0 Å². The van der Waals surface area contributed by atoms with Crippen molar-refractivity contribution in [1.29, 1.82) is 0 Å². The zero-order valence-corrected chi connectivity index (χ0v) is 9.98. The number of hydrogen-bond donors (Lipinski definition) is 0. The van der Waals surface area contributed by atoms with Crippen LogP contribution in [0, 0.1) is 10.5 Å². The molecule has 0 saturated carbocycles. The molecule has 1 aromatic heterocycles. The van der Waals surface area contributed by atoms with Gasteiger partial charge < -0.3 is 0 Å². The number of benzene rings is 1. The number of thiophene rings is 1. The molecule has 13 heavy (non-hydrogen) atoms. The van der Waals surface area contributed by atoms with Crippen LogP contribution < -0.4 is 0 Å². The minimum Gasteiger partial charge on any atom is -0.298 e. The summed E-state index contributed by atoms with van der Waals surface area (Å²) in [5.74, 6) is 0. The van der Waals surface area contributed by atoms with Crippen LogP contribution in [-0.4, -0.2) is 6.29 Å². The maximum Gasteiger partial charge on any atom is 0.150 e. The van der Waals surface area contributed by atoms with Gasteiger partial charge in [-0.3, -0.25) is 4.79 Å². The summed E-state index contributed by atoms with van der Waals surface area (Å²) in [4.78, 5) is 10.7. The van der Waals surface area contributed by atoms with Gasteiger partial charge in [0.05, 0.1) is 0 Å². The molecule has 0 unspecified atom stereocenters. The predicted octanol–water partition coefficient (Wildman–Crippen LogP) is 3.63. The Hall–Kier alpha value is -0.420. The van der Waals surface area contributed by atoms with Crippen LogP contribution >= 0.6 is 33.9 Å². The molecule has 1 heterocycles. The SMILES string of the molecule is Cc1c(C=O)cc2sccc2c1I. The maximum atomic E-state index is 10.7. The monoisotopic (exact) mass is 302 g/mol. The first-order valence-corrected chi connectivity index (χ1v) is 5.81. The van der Waals surface area contributed by atoms with Gasteiger partial charge in [-0.2, -0.15) is 0 Å². The Morgan fingerprint density at radius 1 is 1.54 bits per heavy atom. The fourth-order valence-corrected chi connectivity index (χ4v) is 3.12. The van der Waals surface area contributed by atoms with Crippen LogP contribution in [0.3, 0.4) is 0 Å². The molecule has 0 spiro atoms. The van der Waals surface area contributed by atoms with Crippen molar-refractivity contribution in [3.63, 3.8) is 0 Å². The lowest BCUT2D eigenvalue weighted by molar-refractivity contribution is 0.112. The Labute approximate surface area is 93.9 Å². The lowest BCUT2D eigenvalue weighted by Crippen LogP contribution is -1.89. The molecule has 66 valence electrons. The number of carbonyl (C=O) groups excluding carboxylic acids is 1. The Balaban J connectivity index is 2.91.